The van der Waals surface area contributed by atoms with Crippen LogP contribution in [0.3, 0.4) is 0 Å². The van der Waals surface area contributed by atoms with Gasteiger partial charge >= 0.3 is 0 Å². The van der Waals surface area contributed by atoms with Crippen molar-refractivity contribution >= 4 is 0 Å². The van der Waals surface area contributed by atoms with Crippen molar-refractivity contribution in [3.63, 3.8) is 0 Å². The minimum absolute atomic E-state index is 0.138. The van der Waals surface area contributed by atoms with Gasteiger partial charge in [0, 0.05) is 12.2 Å². The maximum atomic E-state index is 10.0. The van der Waals surface area contributed by atoms with Crippen molar-refractivity contribution in [1.82, 2.24) is 0 Å². The van der Waals surface area contributed by atoms with Crippen LogP contribution in [-0.4, -0.2) is 16.8 Å². The van der Waals surface area contributed by atoms with Gasteiger partial charge < -0.3 is 10.2 Å². The maximum Gasteiger partial charge on any atom is 0.122 e. The van der Waals surface area contributed by atoms with Crippen LogP contribution in [0.15, 0.2) is 12.1 Å². The Morgan fingerprint density at radius 1 is 1.20 bits per heavy atom. The summed E-state index contributed by atoms with van der Waals surface area (Å²) in [4.78, 5) is 0. The van der Waals surface area contributed by atoms with E-state index in [1.54, 1.807) is 0 Å². The van der Waals surface area contributed by atoms with Gasteiger partial charge in [-0.2, -0.15) is 0 Å². The first-order chi connectivity index (χ1) is 6.88. The summed E-state index contributed by atoms with van der Waals surface area (Å²) in [5, 5.41) is 19.0. The zero-order valence-corrected chi connectivity index (χ0v) is 9.96. The molecular formula is C13H20O2. The van der Waals surface area contributed by atoms with Gasteiger partial charge in [0.2, 0.25) is 0 Å². The smallest absolute Gasteiger partial charge is 0.122 e. The molecule has 0 aliphatic rings. The molecule has 1 aromatic carbocycles. The third kappa shape index (κ3) is 2.51. The summed E-state index contributed by atoms with van der Waals surface area (Å²) in [6.45, 7) is 8.14. The molecule has 0 heterocycles. The Kier molecular flexibility index (Phi) is 3.40. The minimum Gasteiger partial charge on any atom is -0.507 e. The standard InChI is InChI=1S/C13H20O2/c1-9-7-10(2)12(15)11(8-9)13(3,4)5-6-14/h7-8,14-15H,5-6H2,1-4H3. The molecule has 0 aliphatic carbocycles. The van der Waals surface area contributed by atoms with Crippen molar-refractivity contribution in [3.05, 3.63) is 28.8 Å². The Hall–Kier alpha value is -1.02. The van der Waals surface area contributed by atoms with Crippen LogP contribution < -0.4 is 0 Å². The number of hydrogen-bond donors (Lipinski definition) is 2. The van der Waals surface area contributed by atoms with Gasteiger partial charge in [0.25, 0.3) is 0 Å². The van der Waals surface area contributed by atoms with Gasteiger partial charge in [0.1, 0.15) is 5.75 Å². The first-order valence-corrected chi connectivity index (χ1v) is 5.30. The first-order valence-electron chi connectivity index (χ1n) is 5.30. The first kappa shape index (κ1) is 12.1. The highest BCUT2D eigenvalue weighted by Crippen LogP contribution is 2.36. The van der Waals surface area contributed by atoms with Crippen LogP contribution in [0.5, 0.6) is 5.75 Å². The number of hydrogen-bond acceptors (Lipinski definition) is 2. The fourth-order valence-corrected chi connectivity index (χ4v) is 1.89. The molecule has 0 amide bonds. The van der Waals surface area contributed by atoms with E-state index in [1.165, 1.54) is 0 Å². The van der Waals surface area contributed by atoms with Crippen LogP contribution in [0.25, 0.3) is 0 Å². The minimum atomic E-state index is -0.185. The van der Waals surface area contributed by atoms with Crippen LogP contribution in [0, 0.1) is 13.8 Å². The lowest BCUT2D eigenvalue weighted by atomic mass is 9.80. The van der Waals surface area contributed by atoms with Gasteiger partial charge in [-0.15, -0.1) is 0 Å². The van der Waals surface area contributed by atoms with E-state index < -0.39 is 0 Å². The molecule has 0 fully saturated rings. The lowest BCUT2D eigenvalue weighted by Crippen LogP contribution is -2.19. The van der Waals surface area contributed by atoms with Gasteiger partial charge in [0.15, 0.2) is 0 Å². The highest BCUT2D eigenvalue weighted by Gasteiger charge is 2.24. The van der Waals surface area contributed by atoms with E-state index in [2.05, 4.69) is 0 Å². The molecule has 2 nitrogen and oxygen atoms in total. The van der Waals surface area contributed by atoms with Gasteiger partial charge in [-0.05, 0) is 31.2 Å². The predicted octanol–water partition coefficient (Wildman–Crippen LogP) is 2.67. The second-order valence-electron chi connectivity index (χ2n) is 4.84. The van der Waals surface area contributed by atoms with Crippen LogP contribution >= 0.6 is 0 Å². The molecule has 15 heavy (non-hydrogen) atoms. The topological polar surface area (TPSA) is 40.5 Å². The lowest BCUT2D eigenvalue weighted by molar-refractivity contribution is 0.250. The van der Waals surface area contributed by atoms with Crippen molar-refractivity contribution in [2.24, 2.45) is 0 Å². The zero-order valence-electron chi connectivity index (χ0n) is 9.96. The Morgan fingerprint density at radius 3 is 2.33 bits per heavy atom. The summed E-state index contributed by atoms with van der Waals surface area (Å²) in [6, 6.07) is 3.96. The number of aliphatic hydroxyl groups is 1. The molecule has 0 unspecified atom stereocenters. The van der Waals surface area contributed by atoms with E-state index in [9.17, 15) is 5.11 Å². The van der Waals surface area contributed by atoms with Crippen molar-refractivity contribution in [3.8, 4) is 5.75 Å². The van der Waals surface area contributed by atoms with Crippen molar-refractivity contribution in [2.45, 2.75) is 39.5 Å². The van der Waals surface area contributed by atoms with Crippen LogP contribution in [0.2, 0.25) is 0 Å². The number of aromatic hydroxyl groups is 1. The van der Waals surface area contributed by atoms with E-state index in [1.807, 2.05) is 39.8 Å². The van der Waals surface area contributed by atoms with E-state index in [4.69, 9.17) is 5.11 Å². The fourth-order valence-electron chi connectivity index (χ4n) is 1.89. The van der Waals surface area contributed by atoms with E-state index in [-0.39, 0.29) is 12.0 Å². The molecule has 0 bridgehead atoms. The number of benzene rings is 1. The van der Waals surface area contributed by atoms with Gasteiger partial charge in [-0.25, -0.2) is 0 Å². The number of phenols is 1. The molecular weight excluding hydrogens is 188 g/mol. The number of phenolic OH excluding ortho intramolecular Hbond substituents is 1. The molecule has 0 aromatic heterocycles. The summed E-state index contributed by atoms with van der Waals surface area (Å²) in [7, 11) is 0. The zero-order chi connectivity index (χ0) is 11.6. The highest BCUT2D eigenvalue weighted by atomic mass is 16.3. The van der Waals surface area contributed by atoms with Crippen molar-refractivity contribution in [1.29, 1.82) is 0 Å². The maximum absolute atomic E-state index is 10.0. The van der Waals surface area contributed by atoms with E-state index in [0.29, 0.717) is 12.2 Å². The molecule has 2 N–H and O–H groups in total. The fraction of sp³-hybridized carbons (Fsp3) is 0.538. The molecule has 84 valence electrons. The van der Waals surface area contributed by atoms with Crippen molar-refractivity contribution in [2.75, 3.05) is 6.61 Å². The average Bonchev–Trinajstić information content (AvgIpc) is 2.11. The largest absolute Gasteiger partial charge is 0.507 e. The second-order valence-corrected chi connectivity index (χ2v) is 4.84. The molecule has 1 rings (SSSR count). The quantitative estimate of drug-likeness (QED) is 0.801. The lowest BCUT2D eigenvalue weighted by Gasteiger charge is -2.26. The van der Waals surface area contributed by atoms with Crippen LogP contribution in [0.4, 0.5) is 0 Å². The predicted molar refractivity (Wildman–Crippen MR) is 62.3 cm³/mol. The summed E-state index contributed by atoms with van der Waals surface area (Å²) in [5.74, 6) is 0.360. The molecule has 0 aliphatic heterocycles. The highest BCUT2D eigenvalue weighted by molar-refractivity contribution is 5.46. The summed E-state index contributed by atoms with van der Waals surface area (Å²) in [5.41, 5.74) is 2.78. The third-order valence-corrected chi connectivity index (χ3v) is 2.91. The number of aryl methyl sites for hydroxylation is 2. The summed E-state index contributed by atoms with van der Waals surface area (Å²) < 4.78 is 0. The Bertz CT molecular complexity index is 354. The van der Waals surface area contributed by atoms with Gasteiger partial charge in [-0.1, -0.05) is 31.5 Å². The molecule has 1 aromatic rings. The van der Waals surface area contributed by atoms with Gasteiger partial charge in [-0.3, -0.25) is 0 Å². The summed E-state index contributed by atoms with van der Waals surface area (Å²) in [6.07, 6.45) is 0.656. The third-order valence-electron chi connectivity index (χ3n) is 2.91. The van der Waals surface area contributed by atoms with Gasteiger partial charge in [0.05, 0.1) is 0 Å². The molecule has 0 saturated heterocycles. The molecule has 0 radical (unpaired) electrons. The SMILES string of the molecule is Cc1cc(C)c(O)c(C(C)(C)CCO)c1. The Balaban J connectivity index is 3.24. The monoisotopic (exact) mass is 208 g/mol. The molecule has 2 heteroatoms. The normalized spacial score (nSPS) is 11.8. The van der Waals surface area contributed by atoms with Crippen molar-refractivity contribution < 1.29 is 10.2 Å². The van der Waals surface area contributed by atoms with Crippen LogP contribution in [0.1, 0.15) is 37.0 Å². The Labute approximate surface area is 91.6 Å². The van der Waals surface area contributed by atoms with Crippen LogP contribution in [-0.2, 0) is 5.41 Å². The number of aliphatic hydroxyl groups excluding tert-OH is 1. The Morgan fingerprint density at radius 2 is 1.80 bits per heavy atom. The molecule has 0 saturated carbocycles. The van der Waals surface area contributed by atoms with E-state index >= 15 is 0 Å². The molecule has 0 spiro atoms. The summed E-state index contributed by atoms with van der Waals surface area (Å²) >= 11 is 0. The second kappa shape index (κ2) is 4.23. The average molecular weight is 208 g/mol. The van der Waals surface area contributed by atoms with E-state index in [0.717, 1.165) is 16.7 Å². The molecule has 0 atom stereocenters. The number of rotatable bonds is 3.